The van der Waals surface area contributed by atoms with Crippen molar-refractivity contribution >= 4 is 35.4 Å². The highest BCUT2D eigenvalue weighted by Crippen LogP contribution is 2.23. The van der Waals surface area contributed by atoms with E-state index in [4.69, 9.17) is 16.3 Å². The minimum absolute atomic E-state index is 0.0217. The number of aliphatic imine (C=N–C) groups is 1. The maximum atomic E-state index is 13.3. The number of hydrogen-bond donors (Lipinski definition) is 2. The van der Waals surface area contributed by atoms with Crippen LogP contribution in [-0.2, 0) is 17.9 Å². The number of allylic oxidation sites excluding steroid dienone is 1. The number of aromatic nitrogens is 3. The number of dihydropyridines is 1. The first-order valence-corrected chi connectivity index (χ1v) is 12.0. The van der Waals surface area contributed by atoms with Gasteiger partial charge in [0.05, 0.1) is 12.5 Å². The third-order valence-corrected chi connectivity index (χ3v) is 6.08. The van der Waals surface area contributed by atoms with E-state index < -0.39 is 23.3 Å². The second kappa shape index (κ2) is 11.3. The maximum absolute atomic E-state index is 13.3. The van der Waals surface area contributed by atoms with E-state index >= 15 is 0 Å². The Bertz CT molecular complexity index is 1440. The Balaban J connectivity index is 1.63. The molecule has 0 bridgehead atoms. The number of anilines is 2. The number of carbonyl (C=O) groups is 1. The van der Waals surface area contributed by atoms with Gasteiger partial charge in [-0.05, 0) is 48.0 Å². The second-order valence-electron chi connectivity index (χ2n) is 8.76. The summed E-state index contributed by atoms with van der Waals surface area (Å²) in [5.41, 5.74) is -0.208. The molecule has 1 aliphatic heterocycles. The molecule has 0 radical (unpaired) electrons. The number of carboxylic acids is 1. The minimum Gasteiger partial charge on any atom is -0.481 e. The fraction of sp³-hybridized carbons (Fsp3) is 0.269. The van der Waals surface area contributed by atoms with E-state index in [2.05, 4.69) is 15.3 Å². The van der Waals surface area contributed by atoms with Crippen molar-refractivity contribution in [3.8, 4) is 5.75 Å². The van der Waals surface area contributed by atoms with Gasteiger partial charge in [0.1, 0.15) is 5.75 Å². The summed E-state index contributed by atoms with van der Waals surface area (Å²) in [6.45, 7) is 3.21. The summed E-state index contributed by atoms with van der Waals surface area (Å²) in [5, 5.41) is 12.8. The minimum atomic E-state index is -1.12. The molecule has 10 nitrogen and oxygen atoms in total. The number of aliphatic carboxylic acids is 1. The highest BCUT2D eigenvalue weighted by molar-refractivity contribution is 6.30. The number of nitrogens with zero attached hydrogens (tertiary/aromatic N) is 4. The van der Waals surface area contributed by atoms with Crippen molar-refractivity contribution in [2.45, 2.75) is 33.2 Å². The molecule has 3 aromatic rings. The molecule has 2 N–H and O–H groups in total. The average molecular weight is 524 g/mol. The first-order valence-electron chi connectivity index (χ1n) is 11.6. The summed E-state index contributed by atoms with van der Waals surface area (Å²) in [5.74, 6) is -1.31. The first-order chi connectivity index (χ1) is 17.7. The molecule has 2 unspecified atom stereocenters. The standard InChI is InChI=1S/C26H26ClN5O5/c1-16-4-3-13-28-22(16)37-21-11-9-20(10-12-21)29-24-30-25(35)32(14-17(2)23(33)34)26(36)31(24)15-18-5-7-19(27)8-6-18/h3-13,16-17,22H,14-15H2,1-2H3,(H,33,34)(H,29,30,35)/t16?,17-,22?/m0/s1. The summed E-state index contributed by atoms with van der Waals surface area (Å²) in [7, 11) is 0. The van der Waals surface area contributed by atoms with Crippen LogP contribution in [0.15, 0.2) is 75.3 Å². The van der Waals surface area contributed by atoms with E-state index in [0.29, 0.717) is 16.5 Å². The zero-order valence-electron chi connectivity index (χ0n) is 20.2. The van der Waals surface area contributed by atoms with Crippen LogP contribution in [0.25, 0.3) is 0 Å². The molecule has 4 rings (SSSR count). The summed E-state index contributed by atoms with van der Waals surface area (Å²) in [4.78, 5) is 45.8. The number of rotatable bonds is 9. The highest BCUT2D eigenvalue weighted by atomic mass is 35.5. The Morgan fingerprint density at radius 1 is 1.14 bits per heavy atom. The van der Waals surface area contributed by atoms with Crippen molar-refractivity contribution in [1.82, 2.24) is 14.1 Å². The first kappa shape index (κ1) is 25.9. The third-order valence-electron chi connectivity index (χ3n) is 5.83. The van der Waals surface area contributed by atoms with Gasteiger partial charge in [0.25, 0.3) is 0 Å². The van der Waals surface area contributed by atoms with Crippen LogP contribution in [0.4, 0.5) is 11.6 Å². The van der Waals surface area contributed by atoms with Crippen LogP contribution in [-0.4, -0.2) is 37.6 Å². The van der Waals surface area contributed by atoms with Crippen LogP contribution in [0.5, 0.6) is 5.75 Å². The Labute approximate surface area is 217 Å². The molecular weight excluding hydrogens is 498 g/mol. The monoisotopic (exact) mass is 523 g/mol. The van der Waals surface area contributed by atoms with Gasteiger partial charge in [-0.25, -0.2) is 14.2 Å². The Morgan fingerprint density at radius 3 is 2.49 bits per heavy atom. The number of halogens is 1. The number of nitrogens with one attached hydrogen (secondary N) is 1. The molecule has 0 saturated heterocycles. The topological polar surface area (TPSA) is 128 Å². The van der Waals surface area contributed by atoms with E-state index in [9.17, 15) is 19.5 Å². The van der Waals surface area contributed by atoms with Crippen LogP contribution >= 0.6 is 11.6 Å². The van der Waals surface area contributed by atoms with Crippen LogP contribution in [0.1, 0.15) is 19.4 Å². The molecule has 192 valence electrons. The fourth-order valence-electron chi connectivity index (χ4n) is 3.66. The largest absolute Gasteiger partial charge is 0.481 e. The molecule has 0 aliphatic carbocycles. The summed E-state index contributed by atoms with van der Waals surface area (Å²) in [6.07, 6.45) is 5.27. The Kier molecular flexibility index (Phi) is 7.88. The molecule has 0 fully saturated rings. The van der Waals surface area contributed by atoms with Crippen molar-refractivity contribution in [3.63, 3.8) is 0 Å². The molecule has 2 aromatic carbocycles. The van der Waals surface area contributed by atoms with Gasteiger partial charge >= 0.3 is 17.3 Å². The van der Waals surface area contributed by atoms with E-state index in [-0.39, 0.29) is 31.2 Å². The molecule has 0 saturated carbocycles. The van der Waals surface area contributed by atoms with Crippen LogP contribution < -0.4 is 21.4 Å². The predicted octanol–water partition coefficient (Wildman–Crippen LogP) is 3.55. The SMILES string of the molecule is CC1C=CC=NC1Oc1ccc(Nc2nc(=O)n(C[C@H](C)C(=O)O)c(=O)n2Cc2ccc(Cl)cc2)cc1. The van der Waals surface area contributed by atoms with Crippen LogP contribution in [0, 0.1) is 11.8 Å². The van der Waals surface area contributed by atoms with Crippen LogP contribution in [0.3, 0.4) is 0 Å². The highest BCUT2D eigenvalue weighted by Gasteiger charge is 2.20. The number of carboxylic acid groups (broad SMARTS) is 1. The lowest BCUT2D eigenvalue weighted by molar-refractivity contribution is -0.141. The third kappa shape index (κ3) is 6.34. The molecule has 11 heteroatoms. The molecule has 37 heavy (non-hydrogen) atoms. The molecule has 2 heterocycles. The van der Waals surface area contributed by atoms with Crippen molar-refractivity contribution in [1.29, 1.82) is 0 Å². The second-order valence-corrected chi connectivity index (χ2v) is 9.20. The molecule has 0 spiro atoms. The molecule has 0 amide bonds. The van der Waals surface area contributed by atoms with E-state index in [0.717, 1.165) is 10.1 Å². The maximum Gasteiger partial charge on any atom is 0.354 e. The van der Waals surface area contributed by atoms with E-state index in [1.54, 1.807) is 54.7 Å². The van der Waals surface area contributed by atoms with Crippen molar-refractivity contribution in [2.24, 2.45) is 16.8 Å². The normalized spacial score (nSPS) is 17.4. The Morgan fingerprint density at radius 2 is 1.84 bits per heavy atom. The lowest BCUT2D eigenvalue weighted by Gasteiger charge is -2.21. The quantitative estimate of drug-likeness (QED) is 0.439. The van der Waals surface area contributed by atoms with Crippen molar-refractivity contribution in [2.75, 3.05) is 5.32 Å². The van der Waals surface area contributed by atoms with Gasteiger partial charge in [-0.1, -0.05) is 43.7 Å². The fourth-order valence-corrected chi connectivity index (χ4v) is 3.79. The number of benzene rings is 2. The lowest BCUT2D eigenvalue weighted by atomic mass is 10.1. The Hall–Kier alpha value is -4.18. The van der Waals surface area contributed by atoms with Gasteiger partial charge < -0.3 is 15.2 Å². The van der Waals surface area contributed by atoms with Gasteiger partial charge in [-0.3, -0.25) is 14.4 Å². The van der Waals surface area contributed by atoms with Crippen molar-refractivity contribution < 1.29 is 14.6 Å². The van der Waals surface area contributed by atoms with Gasteiger partial charge in [0, 0.05) is 29.4 Å². The smallest absolute Gasteiger partial charge is 0.354 e. The molecular formula is C26H26ClN5O5. The number of ether oxygens (including phenoxy) is 1. The average Bonchev–Trinajstić information content (AvgIpc) is 2.87. The van der Waals surface area contributed by atoms with Gasteiger partial charge in [0.15, 0.2) is 6.23 Å². The van der Waals surface area contributed by atoms with Crippen molar-refractivity contribution in [3.05, 3.63) is 92.2 Å². The number of hydrogen-bond acceptors (Lipinski definition) is 7. The van der Waals surface area contributed by atoms with Gasteiger partial charge in [-0.15, -0.1) is 0 Å². The van der Waals surface area contributed by atoms with Gasteiger partial charge in [0.2, 0.25) is 5.95 Å². The van der Waals surface area contributed by atoms with E-state index in [1.165, 1.54) is 11.5 Å². The zero-order chi connectivity index (χ0) is 26.5. The lowest BCUT2D eigenvalue weighted by Crippen LogP contribution is -2.44. The zero-order valence-corrected chi connectivity index (χ0v) is 21.0. The predicted molar refractivity (Wildman–Crippen MR) is 141 cm³/mol. The summed E-state index contributed by atoms with van der Waals surface area (Å²) in [6, 6.07) is 13.9. The summed E-state index contributed by atoms with van der Waals surface area (Å²) < 4.78 is 8.05. The summed E-state index contributed by atoms with van der Waals surface area (Å²) >= 11 is 5.98. The molecule has 1 aromatic heterocycles. The van der Waals surface area contributed by atoms with Crippen LogP contribution in [0.2, 0.25) is 5.02 Å². The molecule has 1 aliphatic rings. The van der Waals surface area contributed by atoms with E-state index in [1.807, 2.05) is 19.1 Å². The molecule has 3 atom stereocenters. The van der Waals surface area contributed by atoms with Gasteiger partial charge in [-0.2, -0.15) is 4.98 Å².